The van der Waals surface area contributed by atoms with E-state index >= 15 is 0 Å². The molecule has 0 fully saturated rings. The van der Waals surface area contributed by atoms with Crippen molar-refractivity contribution in [2.24, 2.45) is 0 Å². The van der Waals surface area contributed by atoms with Crippen LogP contribution in [-0.4, -0.2) is 17.4 Å². The van der Waals surface area contributed by atoms with Gasteiger partial charge in [-0.15, -0.1) is 0 Å². The monoisotopic (exact) mass is 422 g/mol. The quantitative estimate of drug-likeness (QED) is 0.412. The number of H-pyrrole nitrogens is 1. The summed E-state index contributed by atoms with van der Waals surface area (Å²) >= 11 is 5.94. The fraction of sp³-hybridized carbons (Fsp3) is 0.125. The molecular weight excluding hydrogens is 403 g/mol. The number of ether oxygens (including phenoxy) is 1. The second kappa shape index (κ2) is 9.01. The van der Waals surface area contributed by atoms with Gasteiger partial charge < -0.3 is 15.0 Å². The Bertz CT molecular complexity index is 1150. The summed E-state index contributed by atoms with van der Waals surface area (Å²) < 4.78 is 19.7. The summed E-state index contributed by atoms with van der Waals surface area (Å²) in [7, 11) is 0. The van der Waals surface area contributed by atoms with E-state index in [4.69, 9.17) is 16.3 Å². The van der Waals surface area contributed by atoms with E-state index in [0.717, 1.165) is 27.8 Å². The summed E-state index contributed by atoms with van der Waals surface area (Å²) in [6.07, 6.45) is 2.51. The molecule has 0 spiro atoms. The van der Waals surface area contributed by atoms with Crippen molar-refractivity contribution in [2.45, 2.75) is 13.0 Å². The van der Waals surface area contributed by atoms with Gasteiger partial charge in [0, 0.05) is 29.7 Å². The molecule has 0 aliphatic rings. The topological polar surface area (TPSA) is 54.1 Å². The maximum atomic E-state index is 13.9. The van der Waals surface area contributed by atoms with Gasteiger partial charge in [-0.25, -0.2) is 4.39 Å². The maximum Gasteiger partial charge on any atom is 0.255 e. The Hall–Kier alpha value is -3.31. The Morgan fingerprint density at radius 1 is 1.07 bits per heavy atom. The van der Waals surface area contributed by atoms with Crippen molar-refractivity contribution in [3.05, 3.63) is 100 Å². The zero-order chi connectivity index (χ0) is 20.9. The van der Waals surface area contributed by atoms with Gasteiger partial charge in [0.05, 0.1) is 10.6 Å². The van der Waals surface area contributed by atoms with E-state index in [1.807, 2.05) is 54.7 Å². The van der Waals surface area contributed by atoms with Crippen molar-refractivity contribution in [2.75, 3.05) is 6.54 Å². The number of fused-ring (bicyclic) bond motifs is 1. The molecule has 30 heavy (non-hydrogen) atoms. The molecule has 0 aliphatic heterocycles. The number of aromatic amines is 1. The molecule has 1 aromatic heterocycles. The van der Waals surface area contributed by atoms with Crippen LogP contribution in [0.4, 0.5) is 4.39 Å². The maximum absolute atomic E-state index is 13.9. The van der Waals surface area contributed by atoms with Gasteiger partial charge in [0.25, 0.3) is 5.91 Å². The van der Waals surface area contributed by atoms with Crippen LogP contribution >= 0.6 is 11.6 Å². The van der Waals surface area contributed by atoms with Crippen molar-refractivity contribution in [1.82, 2.24) is 10.3 Å². The predicted molar refractivity (Wildman–Crippen MR) is 117 cm³/mol. The highest BCUT2D eigenvalue weighted by atomic mass is 35.5. The molecule has 0 unspecified atom stereocenters. The summed E-state index contributed by atoms with van der Waals surface area (Å²) in [5.41, 5.74) is 2.99. The summed E-state index contributed by atoms with van der Waals surface area (Å²) in [5, 5.41) is 3.89. The Morgan fingerprint density at radius 2 is 1.90 bits per heavy atom. The van der Waals surface area contributed by atoms with Gasteiger partial charge in [0.2, 0.25) is 0 Å². The van der Waals surface area contributed by atoms with E-state index in [9.17, 15) is 9.18 Å². The highest BCUT2D eigenvalue weighted by Gasteiger charge is 2.15. The zero-order valence-corrected chi connectivity index (χ0v) is 16.9. The highest BCUT2D eigenvalue weighted by Crippen LogP contribution is 2.24. The van der Waals surface area contributed by atoms with Gasteiger partial charge in [-0.05, 0) is 41.8 Å². The first-order valence-corrected chi connectivity index (χ1v) is 9.98. The third kappa shape index (κ3) is 4.47. The number of nitrogens with one attached hydrogen (secondary N) is 2. The van der Waals surface area contributed by atoms with Crippen LogP contribution in [-0.2, 0) is 13.0 Å². The molecule has 6 heteroatoms. The minimum absolute atomic E-state index is 0.0997. The molecule has 0 aliphatic carbocycles. The fourth-order valence-electron chi connectivity index (χ4n) is 3.32. The molecule has 0 saturated heterocycles. The number of benzene rings is 3. The van der Waals surface area contributed by atoms with E-state index in [1.54, 1.807) is 0 Å². The first kappa shape index (κ1) is 20.0. The van der Waals surface area contributed by atoms with E-state index in [0.29, 0.717) is 19.6 Å². The normalized spacial score (nSPS) is 10.9. The summed E-state index contributed by atoms with van der Waals surface area (Å²) in [4.78, 5) is 15.5. The molecule has 152 valence electrons. The zero-order valence-electron chi connectivity index (χ0n) is 16.1. The number of hydrogen-bond donors (Lipinski definition) is 2. The van der Waals surface area contributed by atoms with Gasteiger partial charge in [-0.3, -0.25) is 4.79 Å². The van der Waals surface area contributed by atoms with Crippen molar-refractivity contribution < 1.29 is 13.9 Å². The van der Waals surface area contributed by atoms with Crippen LogP contribution < -0.4 is 10.1 Å². The molecule has 0 bridgehead atoms. The molecule has 4 aromatic rings. The van der Waals surface area contributed by atoms with Crippen molar-refractivity contribution in [3.8, 4) is 5.75 Å². The second-order valence-corrected chi connectivity index (χ2v) is 7.31. The Labute approximate surface area is 178 Å². The molecule has 2 N–H and O–H groups in total. The Kier molecular flexibility index (Phi) is 6.00. The largest absolute Gasteiger partial charge is 0.489 e. The van der Waals surface area contributed by atoms with Gasteiger partial charge in [-0.1, -0.05) is 48.0 Å². The molecule has 1 heterocycles. The lowest BCUT2D eigenvalue weighted by molar-refractivity contribution is 0.0950. The summed E-state index contributed by atoms with van der Waals surface area (Å²) in [5.74, 6) is -0.369. The fourth-order valence-corrected chi connectivity index (χ4v) is 3.57. The number of rotatable bonds is 7. The molecule has 1 amide bonds. The lowest BCUT2D eigenvalue weighted by atomic mass is 10.1. The highest BCUT2D eigenvalue weighted by molar-refractivity contribution is 6.33. The number of hydrogen-bond acceptors (Lipinski definition) is 2. The molecule has 4 nitrogen and oxygen atoms in total. The van der Waals surface area contributed by atoms with Gasteiger partial charge in [-0.2, -0.15) is 0 Å². The molecule has 4 rings (SSSR count). The smallest absolute Gasteiger partial charge is 0.255 e. The molecule has 3 aromatic carbocycles. The average molecular weight is 423 g/mol. The van der Waals surface area contributed by atoms with Crippen molar-refractivity contribution in [1.29, 1.82) is 0 Å². The third-order valence-electron chi connectivity index (χ3n) is 4.86. The van der Waals surface area contributed by atoms with Crippen LogP contribution in [0.3, 0.4) is 0 Å². The van der Waals surface area contributed by atoms with Crippen LogP contribution in [0.2, 0.25) is 5.02 Å². The average Bonchev–Trinajstić information content (AvgIpc) is 3.15. The van der Waals surface area contributed by atoms with Crippen LogP contribution in [0, 0.1) is 5.82 Å². The molecule has 0 radical (unpaired) electrons. The first-order valence-electron chi connectivity index (χ1n) is 9.61. The van der Waals surface area contributed by atoms with Crippen molar-refractivity contribution in [3.63, 3.8) is 0 Å². The van der Waals surface area contributed by atoms with Gasteiger partial charge >= 0.3 is 0 Å². The van der Waals surface area contributed by atoms with Gasteiger partial charge in [0.15, 0.2) is 0 Å². The van der Waals surface area contributed by atoms with Crippen molar-refractivity contribution >= 4 is 28.4 Å². The molecule has 0 saturated carbocycles. The number of carbonyl (C=O) groups is 1. The second-order valence-electron chi connectivity index (χ2n) is 6.90. The van der Waals surface area contributed by atoms with Crippen LogP contribution in [0.25, 0.3) is 10.9 Å². The van der Waals surface area contributed by atoms with E-state index in [-0.39, 0.29) is 10.6 Å². The lowest BCUT2D eigenvalue weighted by Crippen LogP contribution is -2.26. The van der Waals surface area contributed by atoms with E-state index in [1.165, 1.54) is 18.2 Å². The van der Waals surface area contributed by atoms with E-state index < -0.39 is 11.7 Å². The summed E-state index contributed by atoms with van der Waals surface area (Å²) in [6.45, 7) is 0.868. The number of amides is 1. The molecular formula is C24H20ClFN2O2. The van der Waals surface area contributed by atoms with E-state index in [2.05, 4.69) is 10.3 Å². The van der Waals surface area contributed by atoms with Crippen LogP contribution in [0.15, 0.2) is 72.9 Å². The minimum atomic E-state index is -0.630. The number of aromatic nitrogens is 1. The summed E-state index contributed by atoms with van der Waals surface area (Å²) in [6, 6.07) is 20.1. The predicted octanol–water partition coefficient (Wildman–Crippen LogP) is 5.51. The Balaban J connectivity index is 1.37. The number of carbonyl (C=O) groups excluding carboxylic acids is 1. The Morgan fingerprint density at radius 3 is 2.70 bits per heavy atom. The first-order chi connectivity index (χ1) is 14.6. The van der Waals surface area contributed by atoms with Crippen LogP contribution in [0.5, 0.6) is 5.75 Å². The SMILES string of the molecule is O=C(NCCc1c[nH]c2cc(OCc3ccccc3)ccc12)c1c(F)cccc1Cl. The molecule has 0 atom stereocenters. The third-order valence-corrected chi connectivity index (χ3v) is 5.17. The lowest BCUT2D eigenvalue weighted by Gasteiger charge is -2.08. The minimum Gasteiger partial charge on any atom is -0.489 e. The number of halogens is 2. The standard InChI is InChI=1S/C24H20ClFN2O2/c25-20-7-4-8-21(26)23(20)24(29)27-12-11-17-14-28-22-13-18(9-10-19(17)22)30-15-16-5-2-1-3-6-16/h1-10,13-14,28H,11-12,15H2,(H,27,29). The van der Waals surface area contributed by atoms with Crippen LogP contribution in [0.1, 0.15) is 21.5 Å². The van der Waals surface area contributed by atoms with Gasteiger partial charge in [0.1, 0.15) is 18.2 Å².